The molecule has 0 aliphatic carbocycles. The van der Waals surface area contributed by atoms with Gasteiger partial charge in [0.2, 0.25) is 0 Å². The minimum atomic E-state index is -0.789. The lowest BCUT2D eigenvalue weighted by Crippen LogP contribution is -2.11. The van der Waals surface area contributed by atoms with Gasteiger partial charge in [0, 0.05) is 26.7 Å². The third kappa shape index (κ3) is 8.40. The number of carbonyl (C=O) groups excluding carboxylic acids is 5. The van der Waals surface area contributed by atoms with Crippen LogP contribution in [0.1, 0.15) is 49.9 Å². The Labute approximate surface area is 144 Å². The SMILES string of the molecule is CC(=O)OC(=O)CCCCC(=O)Oc1ccc(C(=O)OC(C)=O)cc1. The Hall–Kier alpha value is -3.03. The predicted octanol–water partition coefficient (Wildman–Crippen LogP) is 1.95. The summed E-state index contributed by atoms with van der Waals surface area (Å²) in [6, 6.07) is 5.54. The zero-order chi connectivity index (χ0) is 18.8. The van der Waals surface area contributed by atoms with Crippen LogP contribution in [0.25, 0.3) is 0 Å². The van der Waals surface area contributed by atoms with E-state index in [-0.39, 0.29) is 24.2 Å². The molecule has 0 amide bonds. The molecule has 0 heterocycles. The molecule has 0 aliphatic heterocycles. The lowest BCUT2D eigenvalue weighted by molar-refractivity contribution is -0.158. The van der Waals surface area contributed by atoms with E-state index in [0.717, 1.165) is 13.8 Å². The fourth-order valence-corrected chi connectivity index (χ4v) is 1.78. The third-order valence-corrected chi connectivity index (χ3v) is 2.83. The van der Waals surface area contributed by atoms with Crippen LogP contribution in [-0.2, 0) is 28.7 Å². The van der Waals surface area contributed by atoms with E-state index in [1.165, 1.54) is 24.3 Å². The Morgan fingerprint density at radius 2 is 1.28 bits per heavy atom. The molecule has 1 aromatic carbocycles. The van der Waals surface area contributed by atoms with Gasteiger partial charge >= 0.3 is 29.8 Å². The van der Waals surface area contributed by atoms with Gasteiger partial charge in [-0.1, -0.05) is 0 Å². The van der Waals surface area contributed by atoms with Gasteiger partial charge in [-0.3, -0.25) is 19.2 Å². The van der Waals surface area contributed by atoms with Crippen LogP contribution >= 0.6 is 0 Å². The first-order chi connectivity index (χ1) is 11.8. The molecule has 0 aliphatic rings. The molecule has 134 valence electrons. The zero-order valence-corrected chi connectivity index (χ0v) is 13.9. The highest BCUT2D eigenvalue weighted by molar-refractivity contribution is 5.96. The summed E-state index contributed by atoms with van der Waals surface area (Å²) in [6.45, 7) is 2.26. The van der Waals surface area contributed by atoms with Crippen molar-refractivity contribution in [2.45, 2.75) is 39.5 Å². The Morgan fingerprint density at radius 3 is 1.80 bits per heavy atom. The molecular formula is C17H18O8. The summed E-state index contributed by atoms with van der Waals surface area (Å²) in [6.07, 6.45) is 0.910. The van der Waals surface area contributed by atoms with Crippen LogP contribution in [-0.4, -0.2) is 29.8 Å². The van der Waals surface area contributed by atoms with Crippen LogP contribution in [0.2, 0.25) is 0 Å². The predicted molar refractivity (Wildman–Crippen MR) is 83.4 cm³/mol. The topological polar surface area (TPSA) is 113 Å². The summed E-state index contributed by atoms with van der Waals surface area (Å²) >= 11 is 0. The molecule has 8 nitrogen and oxygen atoms in total. The van der Waals surface area contributed by atoms with Crippen LogP contribution in [0.15, 0.2) is 24.3 Å². The quantitative estimate of drug-likeness (QED) is 0.317. The van der Waals surface area contributed by atoms with E-state index in [2.05, 4.69) is 9.47 Å². The summed E-state index contributed by atoms with van der Waals surface area (Å²) in [4.78, 5) is 55.5. The minimum absolute atomic E-state index is 0.0415. The molecule has 25 heavy (non-hydrogen) atoms. The summed E-state index contributed by atoms with van der Waals surface area (Å²) in [7, 11) is 0. The van der Waals surface area contributed by atoms with Gasteiger partial charge in [-0.2, -0.15) is 0 Å². The van der Waals surface area contributed by atoms with Crippen molar-refractivity contribution in [2.24, 2.45) is 0 Å². The molecule has 0 aromatic heterocycles. The highest BCUT2D eigenvalue weighted by Crippen LogP contribution is 2.14. The van der Waals surface area contributed by atoms with E-state index < -0.39 is 29.8 Å². The van der Waals surface area contributed by atoms with Gasteiger partial charge < -0.3 is 14.2 Å². The second-order valence-corrected chi connectivity index (χ2v) is 5.05. The van der Waals surface area contributed by atoms with E-state index in [4.69, 9.17) is 4.74 Å². The van der Waals surface area contributed by atoms with E-state index in [0.29, 0.717) is 12.8 Å². The first-order valence-corrected chi connectivity index (χ1v) is 7.52. The molecule has 0 spiro atoms. The van der Waals surface area contributed by atoms with E-state index in [1.807, 2.05) is 0 Å². The van der Waals surface area contributed by atoms with Crippen molar-refractivity contribution in [1.29, 1.82) is 0 Å². The Bertz CT molecular complexity index is 660. The molecule has 1 rings (SSSR count). The maximum Gasteiger partial charge on any atom is 0.345 e. The summed E-state index contributed by atoms with van der Waals surface area (Å²) in [5, 5.41) is 0. The molecule has 1 aromatic rings. The van der Waals surface area contributed by atoms with Gasteiger partial charge in [0.1, 0.15) is 5.75 Å². The summed E-state index contributed by atoms with van der Waals surface area (Å²) in [5.74, 6) is -3.07. The monoisotopic (exact) mass is 350 g/mol. The molecule has 8 heteroatoms. The van der Waals surface area contributed by atoms with Crippen LogP contribution in [0.3, 0.4) is 0 Å². The lowest BCUT2D eigenvalue weighted by atomic mass is 10.2. The van der Waals surface area contributed by atoms with E-state index >= 15 is 0 Å². The van der Waals surface area contributed by atoms with Crippen molar-refractivity contribution >= 4 is 29.8 Å². The fourth-order valence-electron chi connectivity index (χ4n) is 1.78. The normalized spacial score (nSPS) is 9.84. The molecule has 0 atom stereocenters. The van der Waals surface area contributed by atoms with Crippen molar-refractivity contribution < 1.29 is 38.2 Å². The van der Waals surface area contributed by atoms with Crippen molar-refractivity contribution in [3.05, 3.63) is 29.8 Å². The number of esters is 5. The van der Waals surface area contributed by atoms with Crippen LogP contribution in [0.5, 0.6) is 5.75 Å². The minimum Gasteiger partial charge on any atom is -0.427 e. The first kappa shape index (κ1) is 20.0. The third-order valence-electron chi connectivity index (χ3n) is 2.83. The first-order valence-electron chi connectivity index (χ1n) is 7.52. The molecule has 0 fully saturated rings. The largest absolute Gasteiger partial charge is 0.427 e. The number of hydrogen-bond donors (Lipinski definition) is 0. The van der Waals surface area contributed by atoms with E-state index in [1.54, 1.807) is 0 Å². The Kier molecular flexibility index (Phi) is 7.98. The maximum absolute atomic E-state index is 11.7. The standard InChI is InChI=1S/C17H18O8/c1-11(18)23-15(20)5-3-4-6-16(21)25-14-9-7-13(8-10-14)17(22)24-12(2)19/h7-10H,3-6H2,1-2H3. The summed E-state index contributed by atoms with van der Waals surface area (Å²) in [5.41, 5.74) is 0.152. The second kappa shape index (κ2) is 9.96. The van der Waals surface area contributed by atoms with Crippen molar-refractivity contribution in [3.8, 4) is 5.75 Å². The molecule has 0 saturated carbocycles. The molecule has 0 N–H and O–H groups in total. The van der Waals surface area contributed by atoms with Gasteiger partial charge in [-0.05, 0) is 37.1 Å². The van der Waals surface area contributed by atoms with Crippen molar-refractivity contribution in [1.82, 2.24) is 0 Å². The highest BCUT2D eigenvalue weighted by Gasteiger charge is 2.11. The summed E-state index contributed by atoms with van der Waals surface area (Å²) < 4.78 is 13.8. The van der Waals surface area contributed by atoms with Crippen molar-refractivity contribution in [2.75, 3.05) is 0 Å². The smallest absolute Gasteiger partial charge is 0.345 e. The average molecular weight is 350 g/mol. The number of benzene rings is 1. The average Bonchev–Trinajstić information content (AvgIpc) is 2.51. The zero-order valence-electron chi connectivity index (χ0n) is 13.9. The number of hydrogen-bond acceptors (Lipinski definition) is 8. The number of carbonyl (C=O) groups is 5. The van der Waals surface area contributed by atoms with Crippen molar-refractivity contribution in [3.63, 3.8) is 0 Å². The fraction of sp³-hybridized carbons (Fsp3) is 0.353. The maximum atomic E-state index is 11.7. The van der Waals surface area contributed by atoms with Gasteiger partial charge in [0.15, 0.2) is 0 Å². The Balaban J connectivity index is 2.35. The number of ether oxygens (including phenoxy) is 3. The lowest BCUT2D eigenvalue weighted by Gasteiger charge is -2.05. The van der Waals surface area contributed by atoms with Gasteiger partial charge in [-0.15, -0.1) is 0 Å². The van der Waals surface area contributed by atoms with E-state index in [9.17, 15) is 24.0 Å². The number of unbranched alkanes of at least 4 members (excludes halogenated alkanes) is 1. The number of rotatable bonds is 7. The molecule has 0 saturated heterocycles. The van der Waals surface area contributed by atoms with Crippen LogP contribution < -0.4 is 4.74 Å². The van der Waals surface area contributed by atoms with Gasteiger partial charge in [-0.25, -0.2) is 4.79 Å². The van der Waals surface area contributed by atoms with Gasteiger partial charge in [0.05, 0.1) is 5.56 Å². The molecule has 0 radical (unpaired) electrons. The highest BCUT2D eigenvalue weighted by atomic mass is 16.6. The van der Waals surface area contributed by atoms with Crippen LogP contribution in [0, 0.1) is 0 Å². The molecule has 0 unspecified atom stereocenters. The Morgan fingerprint density at radius 1 is 0.760 bits per heavy atom. The van der Waals surface area contributed by atoms with Crippen LogP contribution in [0.4, 0.5) is 0 Å². The second-order valence-electron chi connectivity index (χ2n) is 5.05. The molecule has 0 bridgehead atoms. The van der Waals surface area contributed by atoms with Gasteiger partial charge in [0.25, 0.3) is 0 Å². The molecular weight excluding hydrogens is 332 g/mol.